The Morgan fingerprint density at radius 2 is 1.94 bits per heavy atom. The molecular weight excluding hydrogens is 415 g/mol. The van der Waals surface area contributed by atoms with E-state index in [1.807, 2.05) is 49.4 Å². The first kappa shape index (κ1) is 21.1. The van der Waals surface area contributed by atoms with Crippen LogP contribution >= 0.6 is 11.6 Å². The van der Waals surface area contributed by atoms with Crippen LogP contribution in [0.5, 0.6) is 0 Å². The summed E-state index contributed by atoms with van der Waals surface area (Å²) >= 11 is 6.12. The maximum Gasteiger partial charge on any atom is 0.254 e. The van der Waals surface area contributed by atoms with Crippen LogP contribution in [0, 0.1) is 12.7 Å². The molecule has 6 heteroatoms. The van der Waals surface area contributed by atoms with E-state index >= 15 is 0 Å². The minimum atomic E-state index is -0.448. The van der Waals surface area contributed by atoms with Gasteiger partial charge in [-0.2, -0.15) is 0 Å². The van der Waals surface area contributed by atoms with Crippen LogP contribution in [-0.4, -0.2) is 29.2 Å². The molecule has 3 aromatic carbocycles. The standard InChI is InChI=1S/C25H22ClFN2O2/c1-17-6-2-3-11-23(17)24-14-22(31-28-24)16-29(15-18-7-4-9-20(26)12-18)25(30)19-8-5-10-21(27)13-19/h2-13,22H,14-16H2,1H3. The number of nitrogens with zero attached hydrogens (tertiary/aromatic N) is 2. The van der Waals surface area contributed by atoms with Crippen molar-refractivity contribution in [1.29, 1.82) is 0 Å². The highest BCUT2D eigenvalue weighted by molar-refractivity contribution is 6.30. The van der Waals surface area contributed by atoms with E-state index in [1.54, 1.807) is 17.0 Å². The van der Waals surface area contributed by atoms with Gasteiger partial charge in [-0.25, -0.2) is 4.39 Å². The Labute approximate surface area is 185 Å². The van der Waals surface area contributed by atoms with Gasteiger partial charge in [-0.15, -0.1) is 0 Å². The molecule has 0 N–H and O–H groups in total. The molecule has 0 aromatic heterocycles. The van der Waals surface area contributed by atoms with Crippen LogP contribution in [0.2, 0.25) is 5.02 Å². The van der Waals surface area contributed by atoms with Crippen molar-refractivity contribution in [3.8, 4) is 0 Å². The zero-order valence-corrected chi connectivity index (χ0v) is 17.8. The molecule has 31 heavy (non-hydrogen) atoms. The number of halogens is 2. The van der Waals surface area contributed by atoms with Gasteiger partial charge in [0.15, 0.2) is 6.10 Å². The summed E-state index contributed by atoms with van der Waals surface area (Å²) in [5.74, 6) is -0.719. The van der Waals surface area contributed by atoms with E-state index in [0.29, 0.717) is 30.1 Å². The van der Waals surface area contributed by atoms with Crippen LogP contribution in [-0.2, 0) is 11.4 Å². The number of carbonyl (C=O) groups excluding carboxylic acids is 1. The first-order chi connectivity index (χ1) is 15.0. The Balaban J connectivity index is 1.53. The number of aryl methyl sites for hydroxylation is 1. The second-order valence-corrected chi connectivity index (χ2v) is 8.05. The molecule has 0 spiro atoms. The Kier molecular flexibility index (Phi) is 6.33. The molecule has 158 valence electrons. The molecule has 1 aliphatic heterocycles. The number of amides is 1. The van der Waals surface area contributed by atoms with E-state index in [4.69, 9.17) is 16.4 Å². The maximum absolute atomic E-state index is 13.7. The van der Waals surface area contributed by atoms with E-state index in [1.165, 1.54) is 18.2 Å². The minimum Gasteiger partial charge on any atom is -0.390 e. The molecule has 0 bridgehead atoms. The number of rotatable bonds is 6. The lowest BCUT2D eigenvalue weighted by Gasteiger charge is -2.25. The zero-order chi connectivity index (χ0) is 21.8. The van der Waals surface area contributed by atoms with E-state index < -0.39 is 5.82 Å². The molecule has 1 heterocycles. The van der Waals surface area contributed by atoms with Gasteiger partial charge in [0.25, 0.3) is 5.91 Å². The summed E-state index contributed by atoms with van der Waals surface area (Å²) in [6, 6.07) is 21.1. The fourth-order valence-corrected chi connectivity index (χ4v) is 3.92. The highest BCUT2D eigenvalue weighted by Crippen LogP contribution is 2.22. The van der Waals surface area contributed by atoms with E-state index in [0.717, 1.165) is 22.4 Å². The van der Waals surface area contributed by atoms with E-state index in [-0.39, 0.29) is 12.0 Å². The fourth-order valence-electron chi connectivity index (χ4n) is 3.71. The van der Waals surface area contributed by atoms with Crippen molar-refractivity contribution >= 4 is 23.2 Å². The van der Waals surface area contributed by atoms with Crippen LogP contribution in [0.25, 0.3) is 0 Å². The third-order valence-corrected chi connectivity index (χ3v) is 5.47. The Morgan fingerprint density at radius 1 is 1.13 bits per heavy atom. The molecule has 0 saturated carbocycles. The Morgan fingerprint density at radius 3 is 2.71 bits per heavy atom. The third kappa shape index (κ3) is 5.12. The third-order valence-electron chi connectivity index (χ3n) is 5.23. The minimum absolute atomic E-state index is 0.271. The number of hydrogen-bond donors (Lipinski definition) is 0. The van der Waals surface area contributed by atoms with Crippen LogP contribution in [0.3, 0.4) is 0 Å². The van der Waals surface area contributed by atoms with Crippen molar-refractivity contribution in [3.63, 3.8) is 0 Å². The van der Waals surface area contributed by atoms with Crippen molar-refractivity contribution < 1.29 is 14.0 Å². The highest BCUT2D eigenvalue weighted by Gasteiger charge is 2.28. The first-order valence-corrected chi connectivity index (χ1v) is 10.5. The van der Waals surface area contributed by atoms with Gasteiger partial charge in [0.2, 0.25) is 0 Å². The van der Waals surface area contributed by atoms with Crippen LogP contribution in [0.1, 0.15) is 33.5 Å². The van der Waals surface area contributed by atoms with Gasteiger partial charge in [0.05, 0.1) is 12.3 Å². The van der Waals surface area contributed by atoms with E-state index in [2.05, 4.69) is 5.16 Å². The van der Waals surface area contributed by atoms with Gasteiger partial charge in [-0.05, 0) is 48.4 Å². The van der Waals surface area contributed by atoms with Crippen molar-refractivity contribution in [1.82, 2.24) is 4.90 Å². The normalized spacial score (nSPS) is 15.3. The molecule has 1 atom stereocenters. The molecular formula is C25H22ClFN2O2. The van der Waals surface area contributed by atoms with Gasteiger partial charge >= 0.3 is 0 Å². The van der Waals surface area contributed by atoms with Crippen LogP contribution in [0.15, 0.2) is 78.0 Å². The zero-order valence-electron chi connectivity index (χ0n) is 17.1. The molecule has 4 nitrogen and oxygen atoms in total. The second kappa shape index (κ2) is 9.31. The summed E-state index contributed by atoms with van der Waals surface area (Å²) in [7, 11) is 0. The van der Waals surface area contributed by atoms with Crippen LogP contribution in [0.4, 0.5) is 4.39 Å². The quantitative estimate of drug-likeness (QED) is 0.503. The van der Waals surface area contributed by atoms with Crippen molar-refractivity contribution in [3.05, 3.63) is 106 Å². The molecule has 0 saturated heterocycles. The molecule has 1 unspecified atom stereocenters. The van der Waals surface area contributed by atoms with Gasteiger partial charge in [0.1, 0.15) is 5.82 Å². The predicted molar refractivity (Wildman–Crippen MR) is 120 cm³/mol. The smallest absolute Gasteiger partial charge is 0.254 e. The van der Waals surface area contributed by atoms with Gasteiger partial charge in [-0.1, -0.05) is 59.2 Å². The molecule has 0 fully saturated rings. The predicted octanol–water partition coefficient (Wildman–Crippen LogP) is 5.62. The fraction of sp³-hybridized carbons (Fsp3) is 0.200. The number of hydrogen-bond acceptors (Lipinski definition) is 3. The van der Waals surface area contributed by atoms with Crippen molar-refractivity contribution in [2.24, 2.45) is 5.16 Å². The highest BCUT2D eigenvalue weighted by atomic mass is 35.5. The summed E-state index contributed by atoms with van der Waals surface area (Å²) in [6.07, 6.45) is 0.305. The van der Waals surface area contributed by atoms with Crippen LogP contribution < -0.4 is 0 Å². The van der Waals surface area contributed by atoms with Crippen molar-refractivity contribution in [2.45, 2.75) is 26.0 Å². The molecule has 3 aromatic rings. The molecule has 0 radical (unpaired) electrons. The second-order valence-electron chi connectivity index (χ2n) is 7.61. The maximum atomic E-state index is 13.7. The summed E-state index contributed by atoms with van der Waals surface area (Å²) in [6.45, 7) is 2.68. The molecule has 4 rings (SSSR count). The Bertz CT molecular complexity index is 1130. The topological polar surface area (TPSA) is 41.9 Å². The SMILES string of the molecule is Cc1ccccc1C1=NOC(CN(Cc2cccc(Cl)c2)C(=O)c2cccc(F)c2)C1. The lowest BCUT2D eigenvalue weighted by Crippen LogP contribution is -2.37. The summed E-state index contributed by atoms with van der Waals surface area (Å²) in [4.78, 5) is 20.5. The van der Waals surface area contributed by atoms with Gasteiger partial charge in [0, 0.05) is 29.1 Å². The summed E-state index contributed by atoms with van der Waals surface area (Å²) in [5, 5.41) is 4.86. The molecule has 0 aliphatic carbocycles. The lowest BCUT2D eigenvalue weighted by molar-refractivity contribution is 0.0405. The number of carbonyl (C=O) groups is 1. The lowest BCUT2D eigenvalue weighted by atomic mass is 10.00. The van der Waals surface area contributed by atoms with Gasteiger partial charge in [-0.3, -0.25) is 4.79 Å². The molecule has 1 aliphatic rings. The monoisotopic (exact) mass is 436 g/mol. The Hall–Kier alpha value is -3.18. The average Bonchev–Trinajstić information content (AvgIpc) is 3.21. The largest absolute Gasteiger partial charge is 0.390 e. The summed E-state index contributed by atoms with van der Waals surface area (Å²) in [5.41, 5.74) is 4.21. The number of benzene rings is 3. The first-order valence-electron chi connectivity index (χ1n) is 10.1. The summed E-state index contributed by atoms with van der Waals surface area (Å²) < 4.78 is 13.7. The van der Waals surface area contributed by atoms with E-state index in [9.17, 15) is 9.18 Å². The molecule has 1 amide bonds. The average molecular weight is 437 g/mol. The van der Waals surface area contributed by atoms with Gasteiger partial charge < -0.3 is 9.74 Å². The van der Waals surface area contributed by atoms with Crippen molar-refractivity contribution in [2.75, 3.05) is 6.54 Å². The number of oxime groups is 1.